The average Bonchev–Trinajstić information content (AvgIpc) is 3.35. The van der Waals surface area contributed by atoms with Crippen molar-refractivity contribution in [3.05, 3.63) is 64.2 Å². The molecular formula is C26H32ClN3O4. The lowest BCUT2D eigenvalue weighted by Gasteiger charge is -2.35. The normalized spacial score (nSPS) is 19.6. The van der Waals surface area contributed by atoms with Gasteiger partial charge < -0.3 is 19.7 Å². The zero-order valence-corrected chi connectivity index (χ0v) is 20.5. The maximum Gasteiger partial charge on any atom is 0.258 e. The molecule has 2 unspecified atom stereocenters. The number of carbonyl (C=O) groups is 2. The van der Waals surface area contributed by atoms with Gasteiger partial charge in [-0.15, -0.1) is 0 Å². The number of hydrogen-bond acceptors (Lipinski definition) is 5. The average molecular weight is 486 g/mol. The molecule has 2 atom stereocenters. The first-order valence-corrected chi connectivity index (χ1v) is 12.2. The lowest BCUT2D eigenvalue weighted by Crippen LogP contribution is -2.49. The number of amides is 2. The maximum absolute atomic E-state index is 13.3. The topological polar surface area (TPSA) is 71.1 Å². The van der Waals surface area contributed by atoms with Gasteiger partial charge in [0.1, 0.15) is 11.8 Å². The summed E-state index contributed by atoms with van der Waals surface area (Å²) >= 11 is 6.13. The molecular weight excluding hydrogens is 454 g/mol. The standard InChI is InChI=1S/C26H32ClN3O4/c1-18-5-7-19(8-6-18)23(29-12-14-34-15-13-29)17-28-25(31)22-4-3-11-30(22)26(32)21-16-20(27)9-10-24(21)33-2/h5-10,16,22-23H,3-4,11-15,17H2,1-2H3,(H,28,31). The summed E-state index contributed by atoms with van der Waals surface area (Å²) in [5.41, 5.74) is 2.74. The van der Waals surface area contributed by atoms with Gasteiger partial charge in [-0.2, -0.15) is 0 Å². The predicted molar refractivity (Wildman–Crippen MR) is 131 cm³/mol. The Kier molecular flexibility index (Phi) is 8.08. The molecule has 0 spiro atoms. The molecule has 0 saturated carbocycles. The Morgan fingerprint density at radius 1 is 1.15 bits per heavy atom. The van der Waals surface area contributed by atoms with Crippen molar-refractivity contribution in [1.29, 1.82) is 0 Å². The maximum atomic E-state index is 13.3. The molecule has 0 aromatic heterocycles. The van der Waals surface area contributed by atoms with Crippen LogP contribution in [0, 0.1) is 6.92 Å². The second kappa shape index (κ2) is 11.2. The van der Waals surface area contributed by atoms with Gasteiger partial charge in [0.05, 0.1) is 31.9 Å². The molecule has 8 heteroatoms. The number of morpholine rings is 1. The Morgan fingerprint density at radius 3 is 2.59 bits per heavy atom. The molecule has 4 rings (SSSR count). The fourth-order valence-corrected chi connectivity index (χ4v) is 4.91. The van der Waals surface area contributed by atoms with Gasteiger partial charge in [0, 0.05) is 31.2 Å². The SMILES string of the molecule is COc1ccc(Cl)cc1C(=O)N1CCCC1C(=O)NCC(c1ccc(C)cc1)N1CCOCC1. The number of rotatable bonds is 7. The Labute approximate surface area is 206 Å². The molecule has 2 aliphatic rings. The van der Waals surface area contributed by atoms with E-state index in [4.69, 9.17) is 21.1 Å². The van der Waals surface area contributed by atoms with Crippen LogP contribution >= 0.6 is 11.6 Å². The largest absolute Gasteiger partial charge is 0.496 e. The van der Waals surface area contributed by atoms with Gasteiger partial charge >= 0.3 is 0 Å². The second-order valence-electron chi connectivity index (χ2n) is 8.82. The van der Waals surface area contributed by atoms with E-state index in [0.29, 0.717) is 49.1 Å². The van der Waals surface area contributed by atoms with Gasteiger partial charge in [-0.1, -0.05) is 41.4 Å². The minimum atomic E-state index is -0.514. The van der Waals surface area contributed by atoms with E-state index in [1.807, 2.05) is 0 Å². The van der Waals surface area contributed by atoms with Crippen LogP contribution in [-0.4, -0.2) is 74.2 Å². The third kappa shape index (κ3) is 5.54. The zero-order chi connectivity index (χ0) is 24.1. The molecule has 0 aliphatic carbocycles. The molecule has 7 nitrogen and oxygen atoms in total. The summed E-state index contributed by atoms with van der Waals surface area (Å²) in [6.07, 6.45) is 1.41. The minimum absolute atomic E-state index is 0.0482. The zero-order valence-electron chi connectivity index (χ0n) is 19.8. The first-order chi connectivity index (χ1) is 16.5. The number of halogens is 1. The van der Waals surface area contributed by atoms with Crippen molar-refractivity contribution in [2.75, 3.05) is 46.5 Å². The second-order valence-corrected chi connectivity index (χ2v) is 9.26. The Morgan fingerprint density at radius 2 is 1.88 bits per heavy atom. The van der Waals surface area contributed by atoms with Crippen LogP contribution in [0.5, 0.6) is 5.75 Å². The van der Waals surface area contributed by atoms with E-state index in [1.165, 1.54) is 12.7 Å². The van der Waals surface area contributed by atoms with E-state index >= 15 is 0 Å². The fraction of sp³-hybridized carbons (Fsp3) is 0.462. The molecule has 34 heavy (non-hydrogen) atoms. The van der Waals surface area contributed by atoms with E-state index in [-0.39, 0.29) is 17.9 Å². The summed E-state index contributed by atoms with van der Waals surface area (Å²) < 4.78 is 10.9. The third-order valence-electron chi connectivity index (χ3n) is 6.63. The van der Waals surface area contributed by atoms with E-state index in [2.05, 4.69) is 41.4 Å². The summed E-state index contributed by atoms with van der Waals surface area (Å²) in [6, 6.07) is 12.9. The van der Waals surface area contributed by atoms with Crippen LogP contribution in [0.1, 0.15) is 40.4 Å². The lowest BCUT2D eigenvalue weighted by atomic mass is 10.0. The molecule has 2 heterocycles. The Bertz CT molecular complexity index is 1010. The van der Waals surface area contributed by atoms with Crippen molar-refractivity contribution in [3.8, 4) is 5.75 Å². The van der Waals surface area contributed by atoms with Crippen LogP contribution in [0.4, 0.5) is 0 Å². The highest BCUT2D eigenvalue weighted by molar-refractivity contribution is 6.31. The van der Waals surface area contributed by atoms with Crippen LogP contribution in [0.15, 0.2) is 42.5 Å². The smallest absolute Gasteiger partial charge is 0.258 e. The number of benzene rings is 2. The number of carbonyl (C=O) groups excluding carboxylic acids is 2. The minimum Gasteiger partial charge on any atom is -0.496 e. The van der Waals surface area contributed by atoms with Crippen molar-refractivity contribution in [2.24, 2.45) is 0 Å². The molecule has 2 aromatic rings. The van der Waals surface area contributed by atoms with Crippen molar-refractivity contribution >= 4 is 23.4 Å². The number of nitrogens with one attached hydrogen (secondary N) is 1. The highest BCUT2D eigenvalue weighted by Gasteiger charge is 2.36. The van der Waals surface area contributed by atoms with Gasteiger partial charge in [0.15, 0.2) is 0 Å². The molecule has 2 amide bonds. The summed E-state index contributed by atoms with van der Waals surface area (Å²) in [5.74, 6) is 0.0877. The fourth-order valence-electron chi connectivity index (χ4n) is 4.74. The summed E-state index contributed by atoms with van der Waals surface area (Å²) in [7, 11) is 1.52. The quantitative estimate of drug-likeness (QED) is 0.650. The highest BCUT2D eigenvalue weighted by atomic mass is 35.5. The van der Waals surface area contributed by atoms with E-state index in [9.17, 15) is 9.59 Å². The van der Waals surface area contributed by atoms with Crippen molar-refractivity contribution in [2.45, 2.75) is 31.8 Å². The van der Waals surface area contributed by atoms with Crippen molar-refractivity contribution < 1.29 is 19.1 Å². The van der Waals surface area contributed by atoms with Crippen LogP contribution in [0.2, 0.25) is 5.02 Å². The lowest BCUT2D eigenvalue weighted by molar-refractivity contribution is -0.125. The Hall–Kier alpha value is -2.61. The number of aryl methyl sites for hydroxylation is 1. The number of hydrogen-bond donors (Lipinski definition) is 1. The summed E-state index contributed by atoms with van der Waals surface area (Å²) in [6.45, 7) is 6.06. The van der Waals surface area contributed by atoms with Crippen LogP contribution < -0.4 is 10.1 Å². The van der Waals surface area contributed by atoms with E-state index < -0.39 is 6.04 Å². The van der Waals surface area contributed by atoms with Gasteiger partial charge in [-0.3, -0.25) is 14.5 Å². The molecule has 2 aliphatic heterocycles. The molecule has 182 valence electrons. The van der Waals surface area contributed by atoms with E-state index in [0.717, 1.165) is 25.1 Å². The number of ether oxygens (including phenoxy) is 2. The molecule has 2 fully saturated rings. The molecule has 2 saturated heterocycles. The van der Waals surface area contributed by atoms with Crippen molar-refractivity contribution in [1.82, 2.24) is 15.1 Å². The first-order valence-electron chi connectivity index (χ1n) is 11.8. The molecule has 0 radical (unpaired) electrons. The van der Waals surface area contributed by atoms with Crippen molar-refractivity contribution in [3.63, 3.8) is 0 Å². The number of nitrogens with zero attached hydrogens (tertiary/aromatic N) is 2. The highest BCUT2D eigenvalue weighted by Crippen LogP contribution is 2.28. The van der Waals surface area contributed by atoms with Gasteiger partial charge in [0.25, 0.3) is 5.91 Å². The molecule has 1 N–H and O–H groups in total. The Balaban J connectivity index is 1.47. The molecule has 0 bridgehead atoms. The van der Waals surface area contributed by atoms with Crippen LogP contribution in [0.25, 0.3) is 0 Å². The molecule has 2 aromatic carbocycles. The first kappa shape index (κ1) is 24.5. The number of likely N-dealkylation sites (tertiary alicyclic amines) is 1. The van der Waals surface area contributed by atoms with Gasteiger partial charge in [0.2, 0.25) is 5.91 Å². The van der Waals surface area contributed by atoms with Gasteiger partial charge in [-0.25, -0.2) is 0 Å². The number of methoxy groups -OCH3 is 1. The monoisotopic (exact) mass is 485 g/mol. The third-order valence-corrected chi connectivity index (χ3v) is 6.86. The summed E-state index contributed by atoms with van der Waals surface area (Å²) in [4.78, 5) is 30.6. The predicted octanol–water partition coefficient (Wildman–Crippen LogP) is 3.45. The van der Waals surface area contributed by atoms with Gasteiger partial charge in [-0.05, 0) is 43.5 Å². The van der Waals surface area contributed by atoms with Crippen LogP contribution in [0.3, 0.4) is 0 Å². The summed E-state index contributed by atoms with van der Waals surface area (Å²) in [5, 5.41) is 3.59. The van der Waals surface area contributed by atoms with E-state index in [1.54, 1.807) is 23.1 Å². The van der Waals surface area contributed by atoms with Crippen LogP contribution in [-0.2, 0) is 9.53 Å².